The Morgan fingerprint density at radius 1 is 1.09 bits per heavy atom. The maximum absolute atomic E-state index is 10.9. The molecule has 0 aliphatic rings. The predicted molar refractivity (Wildman–Crippen MR) is 93.4 cm³/mol. The molecule has 0 atom stereocenters. The van der Waals surface area contributed by atoms with Crippen molar-refractivity contribution in [2.45, 2.75) is 6.92 Å². The van der Waals surface area contributed by atoms with E-state index >= 15 is 0 Å². The first-order valence-corrected chi connectivity index (χ1v) is 7.40. The molecule has 1 amide bonds. The molecule has 0 bridgehead atoms. The van der Waals surface area contributed by atoms with Crippen molar-refractivity contribution in [3.05, 3.63) is 57.0 Å². The predicted octanol–water partition coefficient (Wildman–Crippen LogP) is 5.05. The van der Waals surface area contributed by atoms with Gasteiger partial charge in [-0.05, 0) is 29.8 Å². The van der Waals surface area contributed by atoms with E-state index in [1.165, 1.54) is 6.92 Å². The Labute approximate surface area is 143 Å². The van der Waals surface area contributed by atoms with E-state index in [0.29, 0.717) is 20.8 Å². The van der Waals surface area contributed by atoms with E-state index in [1.807, 2.05) is 12.1 Å². The van der Waals surface area contributed by atoms with Gasteiger partial charge in [0.25, 0.3) is 0 Å². The van der Waals surface area contributed by atoms with E-state index in [2.05, 4.69) is 15.8 Å². The Hall–Kier alpha value is -1.75. The minimum Gasteiger partial charge on any atom is -0.326 e. The van der Waals surface area contributed by atoms with Gasteiger partial charge in [-0.3, -0.25) is 10.2 Å². The largest absolute Gasteiger partial charge is 0.326 e. The van der Waals surface area contributed by atoms with Crippen LogP contribution in [0.5, 0.6) is 0 Å². The summed E-state index contributed by atoms with van der Waals surface area (Å²) in [5.74, 6) is -0.116. The van der Waals surface area contributed by atoms with Crippen molar-refractivity contribution < 1.29 is 4.79 Å². The summed E-state index contributed by atoms with van der Waals surface area (Å²) < 4.78 is 0. The van der Waals surface area contributed by atoms with Gasteiger partial charge in [-0.15, -0.1) is 0 Å². The zero-order valence-corrected chi connectivity index (χ0v) is 13.8. The number of carbonyl (C=O) groups excluding carboxylic acids is 1. The lowest BCUT2D eigenvalue weighted by atomic mass is 10.2. The van der Waals surface area contributed by atoms with Crippen LogP contribution in [0, 0.1) is 0 Å². The molecule has 0 spiro atoms. The van der Waals surface area contributed by atoms with Crippen LogP contribution in [0.25, 0.3) is 0 Å². The molecule has 0 aromatic heterocycles. The SMILES string of the molecule is CC(=O)Nc1ccc(C=NNc2c(Cl)cc(Cl)cc2Cl)cc1. The molecular weight excluding hydrogens is 345 g/mol. The highest BCUT2D eigenvalue weighted by molar-refractivity contribution is 6.41. The Kier molecular flexibility index (Phi) is 5.66. The molecule has 0 saturated heterocycles. The van der Waals surface area contributed by atoms with Crippen LogP contribution < -0.4 is 10.7 Å². The van der Waals surface area contributed by atoms with Gasteiger partial charge in [0, 0.05) is 17.6 Å². The number of nitrogens with one attached hydrogen (secondary N) is 2. The van der Waals surface area contributed by atoms with Crippen LogP contribution in [-0.2, 0) is 4.79 Å². The summed E-state index contributed by atoms with van der Waals surface area (Å²) in [6.45, 7) is 1.46. The summed E-state index contributed by atoms with van der Waals surface area (Å²) in [5.41, 5.74) is 4.84. The van der Waals surface area contributed by atoms with E-state index in [1.54, 1.807) is 30.5 Å². The maximum atomic E-state index is 10.9. The lowest BCUT2D eigenvalue weighted by Crippen LogP contribution is -2.05. The smallest absolute Gasteiger partial charge is 0.221 e. The maximum Gasteiger partial charge on any atom is 0.221 e. The summed E-state index contributed by atoms with van der Waals surface area (Å²) in [4.78, 5) is 10.9. The molecule has 0 heterocycles. The molecule has 0 fully saturated rings. The average Bonchev–Trinajstić information content (AvgIpc) is 2.43. The lowest BCUT2D eigenvalue weighted by Gasteiger charge is -2.06. The van der Waals surface area contributed by atoms with Gasteiger partial charge in [0.05, 0.1) is 21.9 Å². The third-order valence-electron chi connectivity index (χ3n) is 2.63. The fourth-order valence-corrected chi connectivity index (χ4v) is 2.58. The van der Waals surface area contributed by atoms with Crippen molar-refractivity contribution >= 4 is 58.3 Å². The monoisotopic (exact) mass is 355 g/mol. The number of nitrogens with zero attached hydrogens (tertiary/aromatic N) is 1. The molecule has 22 heavy (non-hydrogen) atoms. The van der Waals surface area contributed by atoms with Gasteiger partial charge in [-0.2, -0.15) is 5.10 Å². The Morgan fingerprint density at radius 3 is 2.23 bits per heavy atom. The van der Waals surface area contributed by atoms with Gasteiger partial charge < -0.3 is 5.32 Å². The molecule has 0 unspecified atom stereocenters. The highest BCUT2D eigenvalue weighted by Crippen LogP contribution is 2.33. The molecule has 2 aromatic carbocycles. The Bertz CT molecular complexity index is 691. The van der Waals surface area contributed by atoms with E-state index in [0.717, 1.165) is 11.3 Å². The van der Waals surface area contributed by atoms with Crippen molar-refractivity contribution in [2.75, 3.05) is 10.7 Å². The highest BCUT2D eigenvalue weighted by atomic mass is 35.5. The van der Waals surface area contributed by atoms with Crippen molar-refractivity contribution in [1.29, 1.82) is 0 Å². The molecule has 2 N–H and O–H groups in total. The fourth-order valence-electron chi connectivity index (χ4n) is 1.68. The second-order valence-corrected chi connectivity index (χ2v) is 5.67. The summed E-state index contributed by atoms with van der Waals surface area (Å²) in [6.07, 6.45) is 1.61. The van der Waals surface area contributed by atoms with Crippen molar-refractivity contribution in [2.24, 2.45) is 5.10 Å². The van der Waals surface area contributed by atoms with Gasteiger partial charge >= 0.3 is 0 Å². The number of carbonyl (C=O) groups is 1. The van der Waals surface area contributed by atoms with Crippen LogP contribution in [0.2, 0.25) is 15.1 Å². The van der Waals surface area contributed by atoms with Gasteiger partial charge in [0.1, 0.15) is 0 Å². The number of hydrogen-bond donors (Lipinski definition) is 2. The summed E-state index contributed by atoms with van der Waals surface area (Å²) in [5, 5.41) is 7.99. The normalized spacial score (nSPS) is 10.7. The van der Waals surface area contributed by atoms with Crippen molar-refractivity contribution in [3.8, 4) is 0 Å². The van der Waals surface area contributed by atoms with Crippen LogP contribution >= 0.6 is 34.8 Å². The quantitative estimate of drug-likeness (QED) is 0.595. The number of hydrazone groups is 1. The van der Waals surface area contributed by atoms with Gasteiger partial charge in [-0.1, -0.05) is 46.9 Å². The molecule has 7 heteroatoms. The second kappa shape index (κ2) is 7.49. The molecule has 0 aliphatic carbocycles. The molecule has 0 radical (unpaired) electrons. The fraction of sp³-hybridized carbons (Fsp3) is 0.0667. The van der Waals surface area contributed by atoms with Gasteiger partial charge in [-0.25, -0.2) is 0 Å². The molecule has 0 aliphatic heterocycles. The first-order chi connectivity index (χ1) is 10.5. The summed E-state index contributed by atoms with van der Waals surface area (Å²) in [7, 11) is 0. The summed E-state index contributed by atoms with van der Waals surface area (Å²) in [6, 6.07) is 10.4. The molecule has 114 valence electrons. The van der Waals surface area contributed by atoms with E-state index in [4.69, 9.17) is 34.8 Å². The molecule has 0 saturated carbocycles. The summed E-state index contributed by atoms with van der Waals surface area (Å²) >= 11 is 17.9. The number of hydrogen-bond acceptors (Lipinski definition) is 3. The molecule has 4 nitrogen and oxygen atoms in total. The van der Waals surface area contributed by atoms with E-state index in [9.17, 15) is 4.79 Å². The number of rotatable bonds is 4. The highest BCUT2D eigenvalue weighted by Gasteiger charge is 2.06. The molecular formula is C15H12Cl3N3O. The first kappa shape index (κ1) is 16.6. The van der Waals surface area contributed by atoms with Crippen LogP contribution in [-0.4, -0.2) is 12.1 Å². The topological polar surface area (TPSA) is 53.5 Å². The number of halogens is 3. The Balaban J connectivity index is 2.05. The average molecular weight is 357 g/mol. The third-order valence-corrected chi connectivity index (χ3v) is 3.44. The minimum absolute atomic E-state index is 0.116. The van der Waals surface area contributed by atoms with E-state index < -0.39 is 0 Å². The number of benzene rings is 2. The third kappa shape index (κ3) is 4.63. The molecule has 2 rings (SSSR count). The van der Waals surface area contributed by atoms with Crippen LogP contribution in [0.15, 0.2) is 41.5 Å². The van der Waals surface area contributed by atoms with Crippen LogP contribution in [0.1, 0.15) is 12.5 Å². The van der Waals surface area contributed by atoms with Crippen molar-refractivity contribution in [3.63, 3.8) is 0 Å². The van der Waals surface area contributed by atoms with Gasteiger partial charge in [0.2, 0.25) is 5.91 Å². The first-order valence-electron chi connectivity index (χ1n) is 6.27. The van der Waals surface area contributed by atoms with Crippen LogP contribution in [0.3, 0.4) is 0 Å². The lowest BCUT2D eigenvalue weighted by molar-refractivity contribution is -0.114. The number of amides is 1. The van der Waals surface area contributed by atoms with E-state index in [-0.39, 0.29) is 5.91 Å². The molecule has 2 aromatic rings. The standard InChI is InChI=1S/C15H12Cl3N3O/c1-9(22)20-12-4-2-10(3-5-12)8-19-21-15-13(17)6-11(16)7-14(15)18/h2-8,21H,1H3,(H,20,22). The Morgan fingerprint density at radius 2 is 1.68 bits per heavy atom. The zero-order chi connectivity index (χ0) is 16.1. The minimum atomic E-state index is -0.116. The zero-order valence-electron chi connectivity index (χ0n) is 11.5. The van der Waals surface area contributed by atoms with Crippen LogP contribution in [0.4, 0.5) is 11.4 Å². The second-order valence-electron chi connectivity index (χ2n) is 4.42. The number of anilines is 2. The van der Waals surface area contributed by atoms with Crippen molar-refractivity contribution in [1.82, 2.24) is 0 Å². The van der Waals surface area contributed by atoms with Gasteiger partial charge in [0.15, 0.2) is 0 Å².